The van der Waals surface area contributed by atoms with Crippen molar-refractivity contribution in [3.05, 3.63) is 0 Å². The molecule has 0 aromatic heterocycles. The maximum atomic E-state index is 10.8. The van der Waals surface area contributed by atoms with Gasteiger partial charge in [-0.1, -0.05) is 0 Å². The van der Waals surface area contributed by atoms with Crippen molar-refractivity contribution in [3.63, 3.8) is 0 Å². The van der Waals surface area contributed by atoms with Crippen LogP contribution >= 0.6 is 0 Å². The van der Waals surface area contributed by atoms with Crippen LogP contribution in [0.15, 0.2) is 0 Å². The Balaban J connectivity index is 2.56. The summed E-state index contributed by atoms with van der Waals surface area (Å²) in [7, 11) is 3.94. The van der Waals surface area contributed by atoms with Gasteiger partial charge in [-0.05, 0) is 27.4 Å². The summed E-state index contributed by atoms with van der Waals surface area (Å²) >= 11 is 0. The number of nitrogens with zero attached hydrogens (tertiary/aromatic N) is 1. The van der Waals surface area contributed by atoms with E-state index in [1.54, 1.807) is 0 Å². The standard InChI is InChI=1S/C7H14N2O/c1-7(6(8)10)4-5(7)9(2)3/h5H,4H2,1-3H3,(H2,8,10). The number of hydrogen-bond acceptors (Lipinski definition) is 2. The molecule has 2 atom stereocenters. The zero-order valence-corrected chi connectivity index (χ0v) is 6.72. The molecule has 0 spiro atoms. The molecular formula is C7H14N2O. The highest BCUT2D eigenvalue weighted by Gasteiger charge is 2.56. The van der Waals surface area contributed by atoms with E-state index in [9.17, 15) is 4.79 Å². The Morgan fingerprint density at radius 2 is 2.20 bits per heavy atom. The van der Waals surface area contributed by atoms with E-state index >= 15 is 0 Å². The van der Waals surface area contributed by atoms with Crippen molar-refractivity contribution in [1.82, 2.24) is 4.90 Å². The van der Waals surface area contributed by atoms with Gasteiger partial charge >= 0.3 is 0 Å². The molecule has 0 aromatic rings. The Hall–Kier alpha value is -0.570. The van der Waals surface area contributed by atoms with Gasteiger partial charge in [0.15, 0.2) is 0 Å². The van der Waals surface area contributed by atoms with Crippen molar-refractivity contribution >= 4 is 5.91 Å². The molecule has 1 fully saturated rings. The third-order valence-corrected chi connectivity index (χ3v) is 2.38. The third-order valence-electron chi connectivity index (χ3n) is 2.38. The smallest absolute Gasteiger partial charge is 0.225 e. The highest BCUT2D eigenvalue weighted by molar-refractivity contribution is 5.84. The minimum atomic E-state index is -0.247. The predicted molar refractivity (Wildman–Crippen MR) is 39.4 cm³/mol. The van der Waals surface area contributed by atoms with Crippen LogP contribution < -0.4 is 5.73 Å². The highest BCUT2D eigenvalue weighted by atomic mass is 16.1. The third kappa shape index (κ3) is 0.904. The molecule has 2 unspecified atom stereocenters. The first-order valence-electron chi connectivity index (χ1n) is 3.45. The lowest BCUT2D eigenvalue weighted by Gasteiger charge is -2.11. The summed E-state index contributed by atoms with van der Waals surface area (Å²) in [5.41, 5.74) is 4.95. The number of carbonyl (C=O) groups is 1. The van der Waals surface area contributed by atoms with Gasteiger partial charge in [0.1, 0.15) is 0 Å². The molecule has 1 saturated carbocycles. The molecule has 0 aliphatic heterocycles. The van der Waals surface area contributed by atoms with Crippen LogP contribution in [0, 0.1) is 5.41 Å². The molecule has 3 heteroatoms. The van der Waals surface area contributed by atoms with E-state index in [0.717, 1.165) is 6.42 Å². The Bertz CT molecular complexity index is 167. The predicted octanol–water partition coefficient (Wildman–Crippen LogP) is -0.188. The van der Waals surface area contributed by atoms with Crippen LogP contribution in [-0.4, -0.2) is 30.9 Å². The fourth-order valence-corrected chi connectivity index (χ4v) is 1.36. The van der Waals surface area contributed by atoms with Gasteiger partial charge < -0.3 is 10.6 Å². The molecule has 3 nitrogen and oxygen atoms in total. The summed E-state index contributed by atoms with van der Waals surface area (Å²) in [6, 6.07) is 0.366. The lowest BCUT2D eigenvalue weighted by molar-refractivity contribution is -0.123. The van der Waals surface area contributed by atoms with Gasteiger partial charge in [-0.15, -0.1) is 0 Å². The number of carbonyl (C=O) groups excluding carboxylic acids is 1. The largest absolute Gasteiger partial charge is 0.369 e. The van der Waals surface area contributed by atoms with Gasteiger partial charge in [0.25, 0.3) is 0 Å². The second kappa shape index (κ2) is 1.95. The quantitative estimate of drug-likeness (QED) is 0.581. The van der Waals surface area contributed by atoms with E-state index in [1.807, 2.05) is 25.9 Å². The number of amides is 1. The first-order chi connectivity index (χ1) is 4.48. The first-order valence-corrected chi connectivity index (χ1v) is 3.45. The lowest BCUT2D eigenvalue weighted by atomic mass is 10.1. The number of primary amides is 1. The molecular weight excluding hydrogens is 128 g/mol. The molecule has 58 valence electrons. The van der Waals surface area contributed by atoms with E-state index < -0.39 is 0 Å². The Kier molecular flexibility index (Phi) is 1.47. The highest BCUT2D eigenvalue weighted by Crippen LogP contribution is 2.47. The van der Waals surface area contributed by atoms with Crippen LogP contribution in [0.4, 0.5) is 0 Å². The Morgan fingerprint density at radius 1 is 1.70 bits per heavy atom. The Labute approximate surface area is 61.2 Å². The monoisotopic (exact) mass is 142 g/mol. The average molecular weight is 142 g/mol. The van der Waals surface area contributed by atoms with Crippen LogP contribution in [-0.2, 0) is 4.79 Å². The van der Waals surface area contributed by atoms with Crippen molar-refractivity contribution in [2.45, 2.75) is 19.4 Å². The van der Waals surface area contributed by atoms with Crippen LogP contribution in [0.25, 0.3) is 0 Å². The molecule has 1 aliphatic rings. The van der Waals surface area contributed by atoms with Crippen LogP contribution in [0.2, 0.25) is 0 Å². The van der Waals surface area contributed by atoms with Gasteiger partial charge in [0.05, 0.1) is 5.41 Å². The zero-order chi connectivity index (χ0) is 7.94. The van der Waals surface area contributed by atoms with Gasteiger partial charge in [-0.3, -0.25) is 4.79 Å². The first kappa shape index (κ1) is 7.54. The molecule has 0 saturated heterocycles. The van der Waals surface area contributed by atoms with Gasteiger partial charge in [-0.25, -0.2) is 0 Å². The normalized spacial score (nSPS) is 38.2. The molecule has 2 N–H and O–H groups in total. The minimum absolute atomic E-state index is 0.175. The number of nitrogens with two attached hydrogens (primary N) is 1. The lowest BCUT2D eigenvalue weighted by Crippen LogP contribution is -2.30. The van der Waals surface area contributed by atoms with E-state index in [1.165, 1.54) is 0 Å². The van der Waals surface area contributed by atoms with E-state index in [0.29, 0.717) is 6.04 Å². The van der Waals surface area contributed by atoms with Crippen LogP contribution in [0.1, 0.15) is 13.3 Å². The fraction of sp³-hybridized carbons (Fsp3) is 0.857. The second-order valence-corrected chi connectivity index (χ2v) is 3.47. The zero-order valence-electron chi connectivity index (χ0n) is 6.72. The molecule has 1 amide bonds. The van der Waals surface area contributed by atoms with E-state index in [2.05, 4.69) is 0 Å². The summed E-state index contributed by atoms with van der Waals surface area (Å²) in [6.07, 6.45) is 0.912. The number of rotatable bonds is 2. The van der Waals surface area contributed by atoms with Crippen molar-refractivity contribution < 1.29 is 4.79 Å². The van der Waals surface area contributed by atoms with Gasteiger partial charge in [0, 0.05) is 6.04 Å². The fourth-order valence-electron chi connectivity index (χ4n) is 1.36. The van der Waals surface area contributed by atoms with Crippen molar-refractivity contribution in [1.29, 1.82) is 0 Å². The summed E-state index contributed by atoms with van der Waals surface area (Å²) in [5, 5.41) is 0. The maximum absolute atomic E-state index is 10.8. The molecule has 10 heavy (non-hydrogen) atoms. The van der Waals surface area contributed by atoms with Crippen LogP contribution in [0.5, 0.6) is 0 Å². The second-order valence-electron chi connectivity index (χ2n) is 3.47. The average Bonchev–Trinajstić information content (AvgIpc) is 2.43. The minimum Gasteiger partial charge on any atom is -0.369 e. The van der Waals surface area contributed by atoms with Gasteiger partial charge in [0.2, 0.25) is 5.91 Å². The molecule has 1 aliphatic carbocycles. The summed E-state index contributed by atoms with van der Waals surface area (Å²) in [6.45, 7) is 1.92. The van der Waals surface area contributed by atoms with Crippen molar-refractivity contribution in [2.75, 3.05) is 14.1 Å². The Morgan fingerprint density at radius 3 is 2.30 bits per heavy atom. The summed E-state index contributed by atoms with van der Waals surface area (Å²) in [4.78, 5) is 12.8. The maximum Gasteiger partial charge on any atom is 0.225 e. The molecule has 0 heterocycles. The molecule has 0 aromatic carbocycles. The molecule has 1 rings (SSSR count). The topological polar surface area (TPSA) is 46.3 Å². The van der Waals surface area contributed by atoms with E-state index in [-0.39, 0.29) is 11.3 Å². The number of hydrogen-bond donors (Lipinski definition) is 1. The van der Waals surface area contributed by atoms with Crippen molar-refractivity contribution in [3.8, 4) is 0 Å². The summed E-state index contributed by atoms with van der Waals surface area (Å²) in [5.74, 6) is -0.175. The summed E-state index contributed by atoms with van der Waals surface area (Å²) < 4.78 is 0. The van der Waals surface area contributed by atoms with E-state index in [4.69, 9.17) is 5.73 Å². The van der Waals surface area contributed by atoms with Crippen molar-refractivity contribution in [2.24, 2.45) is 11.1 Å². The van der Waals surface area contributed by atoms with Gasteiger partial charge in [-0.2, -0.15) is 0 Å². The van der Waals surface area contributed by atoms with Crippen LogP contribution in [0.3, 0.4) is 0 Å². The molecule has 0 radical (unpaired) electrons. The molecule has 0 bridgehead atoms. The SMILES string of the molecule is CN(C)C1CC1(C)C(N)=O.